The van der Waals surface area contributed by atoms with Crippen LogP contribution in [0, 0.1) is 0 Å². The van der Waals surface area contributed by atoms with Gasteiger partial charge in [-0.15, -0.1) is 0 Å². The molecule has 0 radical (unpaired) electrons. The summed E-state index contributed by atoms with van der Waals surface area (Å²) in [5.74, 6) is 0.243. The molecule has 0 unspecified atom stereocenters. The number of furan rings is 1. The van der Waals surface area contributed by atoms with E-state index >= 15 is 0 Å². The fraction of sp³-hybridized carbons (Fsp3) is 0.167. The van der Waals surface area contributed by atoms with Crippen molar-refractivity contribution in [2.75, 3.05) is 0 Å². The standard InChI is InChI=1S/C6H7NO2/c7-6(8)4-5-2-1-3-9-5/h1-3H,4H2,(H2,7,8). The van der Waals surface area contributed by atoms with Gasteiger partial charge < -0.3 is 10.2 Å². The topological polar surface area (TPSA) is 56.2 Å². The maximum atomic E-state index is 10.2. The molecule has 0 fully saturated rings. The summed E-state index contributed by atoms with van der Waals surface area (Å²) in [5.41, 5.74) is 4.88. The van der Waals surface area contributed by atoms with Gasteiger partial charge in [0, 0.05) is 0 Å². The first-order valence-corrected chi connectivity index (χ1v) is 2.60. The van der Waals surface area contributed by atoms with Crippen LogP contribution in [0.3, 0.4) is 0 Å². The van der Waals surface area contributed by atoms with E-state index in [-0.39, 0.29) is 12.3 Å². The van der Waals surface area contributed by atoms with Gasteiger partial charge in [0.15, 0.2) is 0 Å². The molecule has 0 saturated carbocycles. The number of rotatable bonds is 2. The third kappa shape index (κ3) is 1.60. The number of carbonyl (C=O) groups excluding carboxylic acids is 1. The molecule has 0 aliphatic carbocycles. The summed E-state index contributed by atoms with van der Waals surface area (Å²) in [5, 5.41) is 0. The normalized spacial score (nSPS) is 9.33. The van der Waals surface area contributed by atoms with E-state index in [0.717, 1.165) is 0 Å². The maximum Gasteiger partial charge on any atom is 0.225 e. The Hall–Kier alpha value is -1.25. The predicted molar refractivity (Wildman–Crippen MR) is 31.6 cm³/mol. The molecule has 0 spiro atoms. The van der Waals surface area contributed by atoms with Crippen LogP contribution in [0.1, 0.15) is 5.76 Å². The van der Waals surface area contributed by atoms with E-state index in [1.807, 2.05) is 0 Å². The highest BCUT2D eigenvalue weighted by Gasteiger charge is 1.98. The van der Waals surface area contributed by atoms with Crippen LogP contribution in [-0.2, 0) is 11.2 Å². The molecule has 1 heterocycles. The average molecular weight is 125 g/mol. The third-order valence-electron chi connectivity index (χ3n) is 0.929. The van der Waals surface area contributed by atoms with Crippen LogP contribution >= 0.6 is 0 Å². The van der Waals surface area contributed by atoms with Crippen molar-refractivity contribution in [1.82, 2.24) is 0 Å². The number of hydrogen-bond donors (Lipinski definition) is 1. The fourth-order valence-corrected chi connectivity index (χ4v) is 0.585. The minimum Gasteiger partial charge on any atom is -0.469 e. The lowest BCUT2D eigenvalue weighted by Gasteiger charge is -1.86. The molecule has 0 saturated heterocycles. The number of nitrogens with two attached hydrogens (primary N) is 1. The van der Waals surface area contributed by atoms with Gasteiger partial charge in [-0.2, -0.15) is 0 Å². The summed E-state index contributed by atoms with van der Waals surface area (Å²) in [4.78, 5) is 10.2. The van der Waals surface area contributed by atoms with Crippen molar-refractivity contribution < 1.29 is 9.21 Å². The maximum absolute atomic E-state index is 10.2. The van der Waals surface area contributed by atoms with Crippen molar-refractivity contribution in [2.45, 2.75) is 6.42 Å². The predicted octanol–water partition coefficient (Wildman–Crippen LogP) is 0.307. The zero-order valence-corrected chi connectivity index (χ0v) is 4.83. The van der Waals surface area contributed by atoms with Crippen LogP contribution in [0.4, 0.5) is 0 Å². The monoisotopic (exact) mass is 125 g/mol. The van der Waals surface area contributed by atoms with Gasteiger partial charge in [0.05, 0.1) is 12.7 Å². The molecule has 1 aromatic heterocycles. The molecule has 1 aromatic rings. The molecule has 0 bridgehead atoms. The molecule has 3 nitrogen and oxygen atoms in total. The number of primary amides is 1. The van der Waals surface area contributed by atoms with Gasteiger partial charge in [0.25, 0.3) is 0 Å². The smallest absolute Gasteiger partial charge is 0.225 e. The van der Waals surface area contributed by atoms with Crippen LogP contribution in [0.15, 0.2) is 22.8 Å². The van der Waals surface area contributed by atoms with Crippen molar-refractivity contribution >= 4 is 5.91 Å². The van der Waals surface area contributed by atoms with Gasteiger partial charge in [-0.25, -0.2) is 0 Å². The first-order valence-electron chi connectivity index (χ1n) is 2.60. The van der Waals surface area contributed by atoms with Gasteiger partial charge in [0.2, 0.25) is 5.91 Å². The lowest BCUT2D eigenvalue weighted by molar-refractivity contribution is -0.117. The Bertz CT molecular complexity index is 191. The van der Waals surface area contributed by atoms with Gasteiger partial charge in [0.1, 0.15) is 5.76 Å². The van der Waals surface area contributed by atoms with Crippen molar-refractivity contribution in [3.05, 3.63) is 24.2 Å². The molecule has 0 aliphatic heterocycles. The lowest BCUT2D eigenvalue weighted by Crippen LogP contribution is -2.12. The summed E-state index contributed by atoms with van der Waals surface area (Å²) in [6.45, 7) is 0. The van der Waals surface area contributed by atoms with E-state index in [0.29, 0.717) is 5.76 Å². The molecule has 1 amide bonds. The summed E-state index contributed by atoms with van der Waals surface area (Å²) in [6, 6.07) is 3.43. The van der Waals surface area contributed by atoms with Crippen molar-refractivity contribution in [3.8, 4) is 0 Å². The Labute approximate surface area is 52.5 Å². The van der Waals surface area contributed by atoms with E-state index in [4.69, 9.17) is 10.2 Å². The second kappa shape index (κ2) is 2.35. The van der Waals surface area contributed by atoms with Gasteiger partial charge in [-0.3, -0.25) is 4.79 Å². The second-order valence-corrected chi connectivity index (χ2v) is 1.72. The van der Waals surface area contributed by atoms with E-state index in [2.05, 4.69) is 0 Å². The molecule has 9 heavy (non-hydrogen) atoms. The van der Waals surface area contributed by atoms with Crippen LogP contribution < -0.4 is 5.73 Å². The molecule has 2 N–H and O–H groups in total. The van der Waals surface area contributed by atoms with Gasteiger partial charge in [-0.1, -0.05) is 0 Å². The molecule has 1 rings (SSSR count). The first-order chi connectivity index (χ1) is 4.29. The first kappa shape index (κ1) is 5.88. The Kier molecular flexibility index (Phi) is 1.53. The second-order valence-electron chi connectivity index (χ2n) is 1.72. The molecule has 3 heteroatoms. The average Bonchev–Trinajstić information content (AvgIpc) is 2.15. The minimum atomic E-state index is -0.370. The molecule has 48 valence electrons. The third-order valence-corrected chi connectivity index (χ3v) is 0.929. The Morgan fingerprint density at radius 3 is 3.00 bits per heavy atom. The zero-order valence-electron chi connectivity index (χ0n) is 4.83. The highest BCUT2D eigenvalue weighted by molar-refractivity contribution is 5.75. The molecular formula is C6H7NO2. The molecule has 0 aromatic carbocycles. The van der Waals surface area contributed by atoms with Crippen molar-refractivity contribution in [3.63, 3.8) is 0 Å². The summed E-state index contributed by atoms with van der Waals surface area (Å²) < 4.78 is 4.84. The Morgan fingerprint density at radius 2 is 2.56 bits per heavy atom. The summed E-state index contributed by atoms with van der Waals surface area (Å²) in [6.07, 6.45) is 1.70. The largest absolute Gasteiger partial charge is 0.469 e. The lowest BCUT2D eigenvalue weighted by atomic mass is 10.3. The van der Waals surface area contributed by atoms with E-state index in [9.17, 15) is 4.79 Å². The Balaban J connectivity index is 2.58. The SMILES string of the molecule is NC(=O)Cc1ccco1. The summed E-state index contributed by atoms with van der Waals surface area (Å²) >= 11 is 0. The summed E-state index contributed by atoms with van der Waals surface area (Å²) in [7, 11) is 0. The van der Waals surface area contributed by atoms with Gasteiger partial charge in [-0.05, 0) is 12.1 Å². The molecule has 0 atom stereocenters. The Morgan fingerprint density at radius 1 is 1.78 bits per heavy atom. The van der Waals surface area contributed by atoms with Crippen LogP contribution in [-0.4, -0.2) is 5.91 Å². The molecular weight excluding hydrogens is 118 g/mol. The highest BCUT2D eigenvalue weighted by Crippen LogP contribution is 1.98. The molecule has 0 aliphatic rings. The number of hydrogen-bond acceptors (Lipinski definition) is 2. The van der Waals surface area contributed by atoms with Crippen LogP contribution in [0.2, 0.25) is 0 Å². The quantitative estimate of drug-likeness (QED) is 0.618. The van der Waals surface area contributed by atoms with Crippen LogP contribution in [0.25, 0.3) is 0 Å². The minimum absolute atomic E-state index is 0.188. The fourth-order valence-electron chi connectivity index (χ4n) is 0.585. The van der Waals surface area contributed by atoms with E-state index in [1.165, 1.54) is 6.26 Å². The van der Waals surface area contributed by atoms with Crippen LogP contribution in [0.5, 0.6) is 0 Å². The van der Waals surface area contributed by atoms with E-state index in [1.54, 1.807) is 12.1 Å². The van der Waals surface area contributed by atoms with Gasteiger partial charge >= 0.3 is 0 Å². The highest BCUT2D eigenvalue weighted by atomic mass is 16.3. The van der Waals surface area contributed by atoms with E-state index < -0.39 is 0 Å². The zero-order chi connectivity index (χ0) is 6.69. The number of carbonyl (C=O) groups is 1. The van der Waals surface area contributed by atoms with Crippen molar-refractivity contribution in [1.29, 1.82) is 0 Å². The van der Waals surface area contributed by atoms with Crippen molar-refractivity contribution in [2.24, 2.45) is 5.73 Å². The number of amides is 1.